The van der Waals surface area contributed by atoms with Gasteiger partial charge < -0.3 is 14.3 Å². The molecule has 0 aromatic carbocycles. The van der Waals surface area contributed by atoms with Gasteiger partial charge in [-0.25, -0.2) is 9.78 Å². The first-order chi connectivity index (χ1) is 9.68. The molecule has 0 radical (unpaired) electrons. The third kappa shape index (κ3) is 3.44. The van der Waals surface area contributed by atoms with Gasteiger partial charge in [-0.1, -0.05) is 20.8 Å². The number of oxazole rings is 1. The number of hydrogen-bond acceptors (Lipinski definition) is 5. The van der Waals surface area contributed by atoms with Crippen molar-refractivity contribution < 1.29 is 19.1 Å². The maximum absolute atomic E-state index is 11.3. The molecule has 5 nitrogen and oxygen atoms in total. The Bertz CT molecular complexity index is 644. The van der Waals surface area contributed by atoms with Crippen molar-refractivity contribution in [3.8, 4) is 5.75 Å². The predicted molar refractivity (Wildman–Crippen MR) is 80.3 cm³/mol. The molecular weight excluding hydrogens is 290 g/mol. The van der Waals surface area contributed by atoms with E-state index in [9.17, 15) is 9.90 Å². The first-order valence-electron chi connectivity index (χ1n) is 6.62. The van der Waals surface area contributed by atoms with Gasteiger partial charge in [0.2, 0.25) is 5.89 Å². The molecule has 6 heteroatoms. The fourth-order valence-corrected chi connectivity index (χ4v) is 2.74. The second kappa shape index (κ2) is 5.52. The van der Waals surface area contributed by atoms with Crippen LogP contribution >= 0.6 is 11.3 Å². The van der Waals surface area contributed by atoms with Gasteiger partial charge in [-0.2, -0.15) is 0 Å². The Morgan fingerprint density at radius 2 is 2.10 bits per heavy atom. The number of aryl methyl sites for hydroxylation is 2. The lowest BCUT2D eigenvalue weighted by Gasteiger charge is -2.14. The van der Waals surface area contributed by atoms with Crippen LogP contribution in [0.2, 0.25) is 0 Å². The van der Waals surface area contributed by atoms with Crippen molar-refractivity contribution >= 4 is 17.3 Å². The van der Waals surface area contributed by atoms with Crippen molar-refractivity contribution in [1.29, 1.82) is 0 Å². The largest absolute Gasteiger partial charge is 0.482 e. The van der Waals surface area contributed by atoms with Gasteiger partial charge >= 0.3 is 5.97 Å². The van der Waals surface area contributed by atoms with Crippen LogP contribution in [0.5, 0.6) is 5.75 Å². The zero-order valence-corrected chi connectivity index (χ0v) is 13.6. The highest BCUT2D eigenvalue weighted by Crippen LogP contribution is 2.37. The van der Waals surface area contributed by atoms with E-state index in [1.807, 2.05) is 34.6 Å². The summed E-state index contributed by atoms with van der Waals surface area (Å²) in [5.41, 5.74) is 0.694. The Kier molecular flexibility index (Phi) is 4.09. The quantitative estimate of drug-likeness (QED) is 0.926. The van der Waals surface area contributed by atoms with Gasteiger partial charge in [-0.05, 0) is 25.3 Å². The number of rotatable bonds is 4. The van der Waals surface area contributed by atoms with Crippen molar-refractivity contribution in [2.24, 2.45) is 0 Å². The highest BCUT2D eigenvalue weighted by molar-refractivity contribution is 7.14. The molecule has 0 aliphatic heterocycles. The Morgan fingerprint density at radius 3 is 2.57 bits per heavy atom. The van der Waals surface area contributed by atoms with Crippen molar-refractivity contribution in [1.82, 2.24) is 4.98 Å². The number of carbonyl (C=O) groups is 1. The number of aromatic nitrogens is 1. The average Bonchev–Trinajstić information content (AvgIpc) is 2.91. The molecule has 0 saturated carbocycles. The normalized spacial score (nSPS) is 11.7. The summed E-state index contributed by atoms with van der Waals surface area (Å²) in [6.45, 7) is 9.92. The van der Waals surface area contributed by atoms with E-state index in [4.69, 9.17) is 9.15 Å². The molecule has 0 unspecified atom stereocenters. The molecule has 0 bridgehead atoms. The van der Waals surface area contributed by atoms with Gasteiger partial charge in [-0.3, -0.25) is 0 Å². The standard InChI is InChI=1S/C15H19NO4S/c1-8-9(2)20-12(16-8)7-19-10-6-11(15(3,4)5)21-13(10)14(17)18/h6H,7H2,1-5H3,(H,17,18). The third-order valence-corrected chi connectivity index (χ3v) is 4.59. The Labute approximate surface area is 127 Å². The summed E-state index contributed by atoms with van der Waals surface area (Å²) in [5.74, 6) is 0.578. The summed E-state index contributed by atoms with van der Waals surface area (Å²) in [4.78, 5) is 16.7. The highest BCUT2D eigenvalue weighted by Gasteiger charge is 2.24. The van der Waals surface area contributed by atoms with Crippen molar-refractivity contribution in [2.45, 2.75) is 46.6 Å². The summed E-state index contributed by atoms with van der Waals surface area (Å²) in [6, 6.07) is 1.79. The van der Waals surface area contributed by atoms with E-state index in [2.05, 4.69) is 4.98 Å². The van der Waals surface area contributed by atoms with E-state index in [0.29, 0.717) is 11.6 Å². The highest BCUT2D eigenvalue weighted by atomic mass is 32.1. The van der Waals surface area contributed by atoms with Gasteiger partial charge in [0.05, 0.1) is 5.69 Å². The lowest BCUT2D eigenvalue weighted by molar-refractivity contribution is 0.0697. The molecule has 1 N–H and O–H groups in total. The van der Waals surface area contributed by atoms with Crippen LogP contribution in [0.25, 0.3) is 0 Å². The lowest BCUT2D eigenvalue weighted by atomic mass is 9.95. The molecule has 0 aliphatic carbocycles. The average molecular weight is 309 g/mol. The van der Waals surface area contributed by atoms with Crippen molar-refractivity contribution in [2.75, 3.05) is 0 Å². The first kappa shape index (κ1) is 15.6. The minimum absolute atomic E-state index is 0.118. The van der Waals surface area contributed by atoms with Crippen molar-refractivity contribution in [3.05, 3.63) is 33.2 Å². The van der Waals surface area contributed by atoms with E-state index in [-0.39, 0.29) is 16.9 Å². The van der Waals surface area contributed by atoms with Crippen LogP contribution in [0.3, 0.4) is 0 Å². The zero-order valence-electron chi connectivity index (χ0n) is 12.8. The Balaban J connectivity index is 2.22. The van der Waals surface area contributed by atoms with Gasteiger partial charge in [0.25, 0.3) is 0 Å². The summed E-state index contributed by atoms with van der Waals surface area (Å²) < 4.78 is 11.0. The van der Waals surface area contributed by atoms with Gasteiger partial charge in [-0.15, -0.1) is 11.3 Å². The fraction of sp³-hybridized carbons (Fsp3) is 0.467. The smallest absolute Gasteiger partial charge is 0.349 e. The molecule has 114 valence electrons. The number of carboxylic acid groups (broad SMARTS) is 1. The van der Waals surface area contributed by atoms with E-state index >= 15 is 0 Å². The van der Waals surface area contributed by atoms with Gasteiger partial charge in [0, 0.05) is 4.88 Å². The lowest BCUT2D eigenvalue weighted by Crippen LogP contribution is -2.08. The number of ether oxygens (including phenoxy) is 1. The molecule has 0 saturated heterocycles. The van der Waals surface area contributed by atoms with Crippen LogP contribution in [0.15, 0.2) is 10.5 Å². The van der Waals surface area contributed by atoms with Gasteiger partial charge in [0.15, 0.2) is 11.5 Å². The third-order valence-electron chi connectivity index (χ3n) is 3.06. The molecule has 0 amide bonds. The molecule has 21 heavy (non-hydrogen) atoms. The van der Waals surface area contributed by atoms with Crippen LogP contribution in [0.1, 0.15) is 52.7 Å². The maximum atomic E-state index is 11.3. The zero-order chi connectivity index (χ0) is 15.8. The number of nitrogens with zero attached hydrogens (tertiary/aromatic N) is 1. The van der Waals surface area contributed by atoms with Crippen LogP contribution < -0.4 is 4.74 Å². The Morgan fingerprint density at radius 1 is 1.43 bits per heavy atom. The van der Waals surface area contributed by atoms with Crippen LogP contribution in [-0.2, 0) is 12.0 Å². The van der Waals surface area contributed by atoms with Gasteiger partial charge in [0.1, 0.15) is 11.5 Å². The minimum Gasteiger partial charge on any atom is -0.482 e. The van der Waals surface area contributed by atoms with Crippen LogP contribution in [0, 0.1) is 13.8 Å². The van der Waals surface area contributed by atoms with Crippen LogP contribution in [-0.4, -0.2) is 16.1 Å². The summed E-state index contributed by atoms with van der Waals surface area (Å²) in [7, 11) is 0. The Hall–Kier alpha value is -1.82. The molecular formula is C15H19NO4S. The molecule has 2 rings (SSSR count). The number of carboxylic acids is 1. The fourth-order valence-electron chi connectivity index (χ4n) is 1.74. The summed E-state index contributed by atoms with van der Waals surface area (Å²) in [6.07, 6.45) is 0. The molecule has 0 spiro atoms. The molecule has 2 aromatic heterocycles. The topological polar surface area (TPSA) is 72.6 Å². The monoisotopic (exact) mass is 309 g/mol. The number of hydrogen-bond donors (Lipinski definition) is 1. The summed E-state index contributed by atoms with van der Waals surface area (Å²) >= 11 is 1.24. The molecule has 2 aromatic rings. The second-order valence-electron chi connectivity index (χ2n) is 5.90. The van der Waals surface area contributed by atoms with E-state index in [0.717, 1.165) is 16.3 Å². The van der Waals surface area contributed by atoms with E-state index in [1.54, 1.807) is 6.07 Å². The van der Waals surface area contributed by atoms with E-state index in [1.165, 1.54) is 11.3 Å². The van der Waals surface area contributed by atoms with E-state index < -0.39 is 5.97 Å². The SMILES string of the molecule is Cc1nc(COc2cc(C(C)(C)C)sc2C(=O)O)oc1C. The molecule has 0 atom stereocenters. The maximum Gasteiger partial charge on any atom is 0.349 e. The molecule has 0 aliphatic rings. The predicted octanol–water partition coefficient (Wildman–Crippen LogP) is 3.93. The van der Waals surface area contributed by atoms with Crippen LogP contribution in [0.4, 0.5) is 0 Å². The van der Waals surface area contributed by atoms with Crippen molar-refractivity contribution in [3.63, 3.8) is 0 Å². The number of thiophene rings is 1. The molecule has 0 fully saturated rings. The summed E-state index contributed by atoms with van der Waals surface area (Å²) in [5, 5.41) is 9.28. The number of aromatic carboxylic acids is 1. The molecule has 2 heterocycles. The minimum atomic E-state index is -0.981. The second-order valence-corrected chi connectivity index (χ2v) is 6.95. The first-order valence-corrected chi connectivity index (χ1v) is 7.43.